The lowest BCUT2D eigenvalue weighted by atomic mass is 10.2. The molecule has 4 aromatic rings. The molecule has 0 aliphatic carbocycles. The van der Waals surface area contributed by atoms with Crippen LogP contribution >= 0.6 is 31.9 Å². The lowest BCUT2D eigenvalue weighted by Gasteiger charge is -2.07. The summed E-state index contributed by atoms with van der Waals surface area (Å²) < 4.78 is 5.66. The number of nitrogens with zero attached hydrogens (tertiary/aromatic N) is 4. The average Bonchev–Trinajstić information content (AvgIpc) is 3.21. The van der Waals surface area contributed by atoms with Crippen LogP contribution < -0.4 is 11.0 Å². The number of anilines is 1. The molecule has 7 nitrogen and oxygen atoms in total. The van der Waals surface area contributed by atoms with Crippen LogP contribution in [0, 0.1) is 0 Å². The Bertz CT molecular complexity index is 1300. The lowest BCUT2D eigenvalue weighted by molar-refractivity contribution is 0.770. The topological polar surface area (TPSA) is 80.0 Å². The van der Waals surface area contributed by atoms with E-state index < -0.39 is 0 Å². The van der Waals surface area contributed by atoms with Gasteiger partial charge in [-0.2, -0.15) is 0 Å². The van der Waals surface area contributed by atoms with E-state index in [9.17, 15) is 4.79 Å². The Morgan fingerprint density at radius 1 is 0.900 bits per heavy atom. The molecular weight excluding hydrogens is 512 g/mol. The number of aromatic amines is 1. The van der Waals surface area contributed by atoms with Crippen LogP contribution in [0.2, 0.25) is 0 Å². The first kappa shape index (κ1) is 19.1. The molecule has 3 heterocycles. The number of halogens is 2. The van der Waals surface area contributed by atoms with Gasteiger partial charge in [-0.05, 0) is 35.4 Å². The highest BCUT2D eigenvalue weighted by Crippen LogP contribution is 2.34. The minimum absolute atomic E-state index is 0.195. The van der Waals surface area contributed by atoms with Gasteiger partial charge in [0.15, 0.2) is 5.82 Å². The highest BCUT2D eigenvalue weighted by atomic mass is 79.9. The minimum atomic E-state index is -0.195. The van der Waals surface area contributed by atoms with E-state index in [2.05, 4.69) is 64.3 Å². The van der Waals surface area contributed by atoms with Gasteiger partial charge in [0.1, 0.15) is 17.2 Å². The van der Waals surface area contributed by atoms with Gasteiger partial charge in [0.2, 0.25) is 0 Å². The summed E-state index contributed by atoms with van der Waals surface area (Å²) in [6.45, 7) is 1.07. The zero-order valence-corrected chi connectivity index (χ0v) is 18.8. The maximum absolute atomic E-state index is 12.7. The van der Waals surface area contributed by atoms with Gasteiger partial charge in [0.05, 0.1) is 25.8 Å². The second-order valence-electron chi connectivity index (χ2n) is 6.94. The lowest BCUT2D eigenvalue weighted by Crippen LogP contribution is -2.19. The molecular formula is C21H16Br2N6O. The van der Waals surface area contributed by atoms with Crippen LogP contribution in [-0.2, 0) is 13.1 Å². The number of hydrogen-bond donors (Lipinski definition) is 2. The molecule has 0 spiro atoms. The third kappa shape index (κ3) is 3.54. The molecule has 0 saturated carbocycles. The molecule has 0 fully saturated rings. The molecule has 0 saturated heterocycles. The highest BCUT2D eigenvalue weighted by molar-refractivity contribution is 9.10. The minimum Gasteiger partial charge on any atom is -0.330 e. The fourth-order valence-electron chi connectivity index (χ4n) is 3.46. The van der Waals surface area contributed by atoms with Crippen molar-refractivity contribution in [1.82, 2.24) is 19.1 Å². The molecule has 1 aliphatic heterocycles. The summed E-state index contributed by atoms with van der Waals surface area (Å²) in [5.41, 5.74) is 3.24. The summed E-state index contributed by atoms with van der Waals surface area (Å²) in [6.07, 6.45) is 3.36. The highest BCUT2D eigenvalue weighted by Gasteiger charge is 2.23. The third-order valence-electron chi connectivity index (χ3n) is 4.94. The first-order valence-electron chi connectivity index (χ1n) is 9.25. The van der Waals surface area contributed by atoms with Crippen molar-refractivity contribution in [2.75, 3.05) is 5.32 Å². The van der Waals surface area contributed by atoms with Crippen molar-refractivity contribution in [3.05, 3.63) is 85.4 Å². The third-order valence-corrected chi connectivity index (χ3v) is 6.00. The van der Waals surface area contributed by atoms with Gasteiger partial charge in [0, 0.05) is 8.95 Å². The van der Waals surface area contributed by atoms with Gasteiger partial charge in [-0.25, -0.2) is 14.8 Å². The summed E-state index contributed by atoms with van der Waals surface area (Å²) in [4.78, 5) is 24.8. The molecule has 0 atom stereocenters. The SMILES string of the molecule is O=c1[nH]c2c(n1Cc1ccc(Br)cc1)NC=Nc1c-2ncn1Cc1ccc(Br)cc1. The molecule has 5 rings (SSSR count). The number of aliphatic imine (C=N–C) groups is 1. The zero-order valence-electron chi connectivity index (χ0n) is 15.6. The fraction of sp³-hybridized carbons (Fsp3) is 0.0952. The number of H-pyrrole nitrogens is 1. The van der Waals surface area contributed by atoms with Gasteiger partial charge < -0.3 is 14.9 Å². The van der Waals surface area contributed by atoms with Crippen molar-refractivity contribution in [1.29, 1.82) is 0 Å². The van der Waals surface area contributed by atoms with Crippen molar-refractivity contribution in [2.45, 2.75) is 13.1 Å². The maximum Gasteiger partial charge on any atom is 0.327 e. The quantitative estimate of drug-likeness (QED) is 0.402. The molecule has 2 aromatic carbocycles. The Hall–Kier alpha value is -2.91. The number of nitrogens with one attached hydrogen (secondary N) is 2. The second-order valence-corrected chi connectivity index (χ2v) is 8.77. The van der Waals surface area contributed by atoms with E-state index in [4.69, 9.17) is 0 Å². The summed E-state index contributed by atoms with van der Waals surface area (Å²) in [7, 11) is 0. The van der Waals surface area contributed by atoms with Gasteiger partial charge >= 0.3 is 5.69 Å². The summed E-state index contributed by atoms with van der Waals surface area (Å²) in [5.74, 6) is 1.35. The van der Waals surface area contributed by atoms with Crippen LogP contribution in [0.5, 0.6) is 0 Å². The first-order chi connectivity index (χ1) is 14.6. The number of hydrogen-bond acceptors (Lipinski definition) is 4. The molecule has 150 valence electrons. The van der Waals surface area contributed by atoms with Crippen molar-refractivity contribution in [3.8, 4) is 11.4 Å². The summed E-state index contributed by atoms with van der Waals surface area (Å²) >= 11 is 6.90. The molecule has 2 aromatic heterocycles. The molecule has 0 bridgehead atoms. The van der Waals surface area contributed by atoms with Crippen molar-refractivity contribution in [2.24, 2.45) is 4.99 Å². The monoisotopic (exact) mass is 526 g/mol. The van der Waals surface area contributed by atoms with Crippen LogP contribution in [-0.4, -0.2) is 25.4 Å². The van der Waals surface area contributed by atoms with E-state index in [1.807, 2.05) is 41.0 Å². The van der Waals surface area contributed by atoms with E-state index in [1.165, 1.54) is 0 Å². The molecule has 0 radical (unpaired) electrons. The Labute approximate surface area is 188 Å². The molecule has 0 unspecified atom stereocenters. The van der Waals surface area contributed by atoms with E-state index in [0.29, 0.717) is 36.1 Å². The van der Waals surface area contributed by atoms with Crippen molar-refractivity contribution >= 4 is 49.8 Å². The standard InChI is InChI=1S/C21H16Br2N6O/c22-15-5-1-13(2-6-15)9-28-12-26-17-18-20(25-11-24-19(17)28)29(21(30)27-18)10-14-3-7-16(23)8-4-14/h1-8,11-12H,9-10H2,(H,24,25)(H,27,30). The Morgan fingerprint density at radius 3 is 2.20 bits per heavy atom. The Kier molecular flexibility index (Phi) is 4.92. The van der Waals surface area contributed by atoms with Crippen LogP contribution in [0.25, 0.3) is 11.4 Å². The van der Waals surface area contributed by atoms with Crippen LogP contribution in [0.4, 0.5) is 11.6 Å². The van der Waals surface area contributed by atoms with E-state index >= 15 is 0 Å². The van der Waals surface area contributed by atoms with Gasteiger partial charge in [0.25, 0.3) is 0 Å². The normalized spacial score (nSPS) is 12.2. The Balaban J connectivity index is 1.52. The van der Waals surface area contributed by atoms with Gasteiger partial charge in [-0.15, -0.1) is 0 Å². The fourth-order valence-corrected chi connectivity index (χ4v) is 3.99. The summed E-state index contributed by atoms with van der Waals surface area (Å²) in [5, 5.41) is 3.15. The number of fused-ring (bicyclic) bond motifs is 3. The number of rotatable bonds is 4. The Morgan fingerprint density at radius 2 is 1.53 bits per heavy atom. The van der Waals surface area contributed by atoms with Crippen molar-refractivity contribution < 1.29 is 0 Å². The summed E-state index contributed by atoms with van der Waals surface area (Å²) in [6, 6.07) is 16.0. The second kappa shape index (κ2) is 7.73. The van der Waals surface area contributed by atoms with Crippen LogP contribution in [0.15, 0.2) is 73.6 Å². The van der Waals surface area contributed by atoms with Crippen molar-refractivity contribution in [3.63, 3.8) is 0 Å². The average molecular weight is 528 g/mol. The molecule has 1 aliphatic rings. The van der Waals surface area contributed by atoms with Gasteiger partial charge in [-0.1, -0.05) is 56.1 Å². The van der Waals surface area contributed by atoms with Crippen LogP contribution in [0.1, 0.15) is 11.1 Å². The van der Waals surface area contributed by atoms with Gasteiger partial charge in [-0.3, -0.25) is 4.57 Å². The molecule has 0 amide bonds. The number of imidazole rings is 2. The molecule has 2 N–H and O–H groups in total. The molecule has 30 heavy (non-hydrogen) atoms. The number of aromatic nitrogens is 4. The number of benzene rings is 2. The predicted octanol–water partition coefficient (Wildman–Crippen LogP) is 4.75. The van der Waals surface area contributed by atoms with E-state index in [1.54, 1.807) is 17.2 Å². The van der Waals surface area contributed by atoms with E-state index in [0.717, 1.165) is 20.1 Å². The van der Waals surface area contributed by atoms with E-state index in [-0.39, 0.29) is 5.69 Å². The smallest absolute Gasteiger partial charge is 0.327 e. The first-order valence-corrected chi connectivity index (χ1v) is 10.8. The zero-order chi connectivity index (χ0) is 20.7. The van der Waals surface area contributed by atoms with Crippen LogP contribution in [0.3, 0.4) is 0 Å². The maximum atomic E-state index is 12.7. The molecule has 9 heteroatoms. The largest absolute Gasteiger partial charge is 0.330 e. The predicted molar refractivity (Wildman–Crippen MR) is 125 cm³/mol.